The second-order valence-electron chi connectivity index (χ2n) is 3.12. The molecule has 0 radical (unpaired) electrons. The standard InChI is InChI=1S/C11H11ClN2O3/c1-2-5-13-11(17)14-7-3-4-9(12)8(6-7)10(15)16/h2-4,6H,1,5H2,(H,15,16)(H2,13,14,17). The van der Waals surface area contributed by atoms with Gasteiger partial charge in [-0.05, 0) is 18.2 Å². The molecule has 1 aromatic rings. The Hall–Kier alpha value is -2.01. The van der Waals surface area contributed by atoms with Crippen LogP contribution in [0.3, 0.4) is 0 Å². The second-order valence-corrected chi connectivity index (χ2v) is 3.53. The highest BCUT2D eigenvalue weighted by atomic mass is 35.5. The molecule has 1 rings (SSSR count). The molecule has 3 N–H and O–H groups in total. The van der Waals surface area contributed by atoms with Crippen LogP contribution in [0.4, 0.5) is 10.5 Å². The number of hydrogen-bond donors (Lipinski definition) is 3. The lowest BCUT2D eigenvalue weighted by Crippen LogP contribution is -2.28. The van der Waals surface area contributed by atoms with Gasteiger partial charge in [0, 0.05) is 12.2 Å². The minimum Gasteiger partial charge on any atom is -0.478 e. The Balaban J connectivity index is 2.79. The SMILES string of the molecule is C=CCNC(=O)Nc1ccc(Cl)c(C(=O)O)c1. The summed E-state index contributed by atoms with van der Waals surface area (Å²) < 4.78 is 0. The van der Waals surface area contributed by atoms with Crippen molar-refractivity contribution in [3.05, 3.63) is 41.4 Å². The summed E-state index contributed by atoms with van der Waals surface area (Å²) in [5.74, 6) is -1.15. The summed E-state index contributed by atoms with van der Waals surface area (Å²) in [4.78, 5) is 22.1. The Bertz CT molecular complexity index is 460. The fourth-order valence-corrected chi connectivity index (χ4v) is 1.31. The van der Waals surface area contributed by atoms with E-state index in [1.54, 1.807) is 0 Å². The number of anilines is 1. The summed E-state index contributed by atoms with van der Waals surface area (Å²) in [6, 6.07) is 3.78. The maximum absolute atomic E-state index is 11.3. The molecule has 0 fully saturated rings. The van der Waals surface area contributed by atoms with Crippen molar-refractivity contribution in [3.8, 4) is 0 Å². The van der Waals surface area contributed by atoms with E-state index in [1.165, 1.54) is 24.3 Å². The summed E-state index contributed by atoms with van der Waals surface area (Å²) in [6.07, 6.45) is 1.53. The highest BCUT2D eigenvalue weighted by Crippen LogP contribution is 2.20. The number of carbonyl (C=O) groups is 2. The molecule has 0 aromatic heterocycles. The summed E-state index contributed by atoms with van der Waals surface area (Å²) in [5, 5.41) is 13.9. The van der Waals surface area contributed by atoms with Crippen LogP contribution in [0.5, 0.6) is 0 Å². The average Bonchev–Trinajstić information content (AvgIpc) is 2.28. The summed E-state index contributed by atoms with van der Waals surface area (Å²) >= 11 is 5.69. The van der Waals surface area contributed by atoms with E-state index >= 15 is 0 Å². The molecule has 0 unspecified atom stereocenters. The Morgan fingerprint density at radius 3 is 2.76 bits per heavy atom. The molecule has 2 amide bonds. The molecule has 0 bridgehead atoms. The number of benzene rings is 1. The fraction of sp³-hybridized carbons (Fsp3) is 0.0909. The molecule has 0 atom stereocenters. The molecule has 0 saturated heterocycles. The van der Waals surface area contributed by atoms with Gasteiger partial charge in [-0.15, -0.1) is 6.58 Å². The molecule has 0 aliphatic rings. The van der Waals surface area contributed by atoms with Crippen molar-refractivity contribution in [3.63, 3.8) is 0 Å². The van der Waals surface area contributed by atoms with Gasteiger partial charge in [0.05, 0.1) is 10.6 Å². The van der Waals surface area contributed by atoms with Crippen LogP contribution in [0.2, 0.25) is 5.02 Å². The minimum atomic E-state index is -1.15. The number of carboxylic acid groups (broad SMARTS) is 1. The maximum Gasteiger partial charge on any atom is 0.337 e. The van der Waals surface area contributed by atoms with Gasteiger partial charge in [0.25, 0.3) is 0 Å². The first-order valence-corrected chi connectivity index (χ1v) is 5.11. The zero-order valence-corrected chi connectivity index (χ0v) is 9.62. The maximum atomic E-state index is 11.3. The summed E-state index contributed by atoms with van der Waals surface area (Å²) in [7, 11) is 0. The number of halogens is 1. The average molecular weight is 255 g/mol. The van der Waals surface area contributed by atoms with Gasteiger partial charge in [0.1, 0.15) is 0 Å². The highest BCUT2D eigenvalue weighted by Gasteiger charge is 2.10. The number of urea groups is 1. The first-order chi connectivity index (χ1) is 8.04. The molecule has 0 aliphatic heterocycles. The monoisotopic (exact) mass is 254 g/mol. The van der Waals surface area contributed by atoms with Crippen molar-refractivity contribution in [2.75, 3.05) is 11.9 Å². The second kappa shape index (κ2) is 5.91. The van der Waals surface area contributed by atoms with Gasteiger partial charge in [0.15, 0.2) is 0 Å². The van der Waals surface area contributed by atoms with E-state index in [0.29, 0.717) is 12.2 Å². The molecular weight excluding hydrogens is 244 g/mol. The topological polar surface area (TPSA) is 78.4 Å². The van der Waals surface area contributed by atoms with Crippen molar-refractivity contribution in [2.24, 2.45) is 0 Å². The molecule has 0 saturated carbocycles. The van der Waals surface area contributed by atoms with E-state index in [4.69, 9.17) is 16.7 Å². The van der Waals surface area contributed by atoms with Crippen molar-refractivity contribution >= 4 is 29.3 Å². The van der Waals surface area contributed by atoms with Gasteiger partial charge in [-0.3, -0.25) is 0 Å². The number of aromatic carboxylic acids is 1. The van der Waals surface area contributed by atoms with Crippen LogP contribution in [0.25, 0.3) is 0 Å². The van der Waals surface area contributed by atoms with Crippen molar-refractivity contribution in [1.82, 2.24) is 5.32 Å². The van der Waals surface area contributed by atoms with Gasteiger partial charge >= 0.3 is 12.0 Å². The normalized spacial score (nSPS) is 9.47. The quantitative estimate of drug-likeness (QED) is 0.722. The van der Waals surface area contributed by atoms with E-state index in [1.807, 2.05) is 0 Å². The number of amides is 2. The molecule has 6 heteroatoms. The van der Waals surface area contributed by atoms with Crippen LogP contribution >= 0.6 is 11.6 Å². The van der Waals surface area contributed by atoms with Crippen LogP contribution in [0, 0.1) is 0 Å². The Morgan fingerprint density at radius 2 is 2.18 bits per heavy atom. The minimum absolute atomic E-state index is 0.0619. The third-order valence-corrected chi connectivity index (χ3v) is 2.19. The molecule has 5 nitrogen and oxygen atoms in total. The first-order valence-electron chi connectivity index (χ1n) is 4.73. The zero-order chi connectivity index (χ0) is 12.8. The van der Waals surface area contributed by atoms with Crippen LogP contribution in [-0.2, 0) is 0 Å². The van der Waals surface area contributed by atoms with Crippen LogP contribution in [0.1, 0.15) is 10.4 Å². The van der Waals surface area contributed by atoms with E-state index in [-0.39, 0.29) is 10.6 Å². The number of rotatable bonds is 4. The Morgan fingerprint density at radius 1 is 1.47 bits per heavy atom. The molecule has 1 aromatic carbocycles. The predicted octanol–water partition coefficient (Wildman–Crippen LogP) is 2.35. The lowest BCUT2D eigenvalue weighted by Gasteiger charge is -2.07. The lowest BCUT2D eigenvalue weighted by molar-refractivity contribution is 0.0697. The predicted molar refractivity (Wildman–Crippen MR) is 65.6 cm³/mol. The third-order valence-electron chi connectivity index (χ3n) is 1.86. The van der Waals surface area contributed by atoms with Gasteiger partial charge in [-0.1, -0.05) is 17.7 Å². The lowest BCUT2D eigenvalue weighted by atomic mass is 10.2. The van der Waals surface area contributed by atoms with E-state index < -0.39 is 12.0 Å². The van der Waals surface area contributed by atoms with E-state index in [9.17, 15) is 9.59 Å². The summed E-state index contributed by atoms with van der Waals surface area (Å²) in [5.41, 5.74) is 0.293. The molecule has 17 heavy (non-hydrogen) atoms. The number of nitrogens with one attached hydrogen (secondary N) is 2. The smallest absolute Gasteiger partial charge is 0.337 e. The van der Waals surface area contributed by atoms with Crippen LogP contribution < -0.4 is 10.6 Å². The molecule has 0 heterocycles. The van der Waals surface area contributed by atoms with Gasteiger partial charge in [0.2, 0.25) is 0 Å². The van der Waals surface area contributed by atoms with Crippen LogP contribution in [0.15, 0.2) is 30.9 Å². The fourth-order valence-electron chi connectivity index (χ4n) is 1.11. The molecule has 0 spiro atoms. The van der Waals surface area contributed by atoms with Gasteiger partial charge in [-0.2, -0.15) is 0 Å². The van der Waals surface area contributed by atoms with Crippen LogP contribution in [-0.4, -0.2) is 23.7 Å². The third kappa shape index (κ3) is 3.81. The van der Waals surface area contributed by atoms with Crippen molar-refractivity contribution in [2.45, 2.75) is 0 Å². The molecular formula is C11H11ClN2O3. The number of hydrogen-bond acceptors (Lipinski definition) is 2. The Labute approximate surface area is 103 Å². The number of carboxylic acids is 1. The summed E-state index contributed by atoms with van der Waals surface area (Å²) in [6.45, 7) is 3.78. The Kier molecular flexibility index (Phi) is 4.54. The van der Waals surface area contributed by atoms with Gasteiger partial charge in [-0.25, -0.2) is 9.59 Å². The van der Waals surface area contributed by atoms with Gasteiger partial charge < -0.3 is 15.7 Å². The zero-order valence-electron chi connectivity index (χ0n) is 8.87. The van der Waals surface area contributed by atoms with E-state index in [2.05, 4.69) is 17.2 Å². The first kappa shape index (κ1) is 13.1. The molecule has 90 valence electrons. The number of carbonyl (C=O) groups excluding carboxylic acids is 1. The van der Waals surface area contributed by atoms with Crippen molar-refractivity contribution in [1.29, 1.82) is 0 Å². The largest absolute Gasteiger partial charge is 0.478 e. The molecule has 0 aliphatic carbocycles. The van der Waals surface area contributed by atoms with Crippen molar-refractivity contribution < 1.29 is 14.7 Å². The highest BCUT2D eigenvalue weighted by molar-refractivity contribution is 6.33. The van der Waals surface area contributed by atoms with E-state index in [0.717, 1.165) is 0 Å².